The van der Waals surface area contributed by atoms with Crippen LogP contribution in [0.25, 0.3) is 6.08 Å². The van der Waals surface area contributed by atoms with E-state index >= 15 is 0 Å². The highest BCUT2D eigenvalue weighted by atomic mass is 35.5. The van der Waals surface area contributed by atoms with Crippen LogP contribution in [0.5, 0.6) is 11.5 Å². The molecule has 0 saturated carbocycles. The van der Waals surface area contributed by atoms with Gasteiger partial charge in [-0.25, -0.2) is 4.79 Å². The van der Waals surface area contributed by atoms with E-state index in [1.165, 1.54) is 19.1 Å². The van der Waals surface area contributed by atoms with Crippen LogP contribution in [0.15, 0.2) is 17.0 Å². The Morgan fingerprint density at radius 1 is 1.33 bits per heavy atom. The first-order chi connectivity index (χ1) is 12.8. The molecule has 2 amide bonds. The van der Waals surface area contributed by atoms with Crippen molar-refractivity contribution in [1.82, 2.24) is 4.90 Å². The minimum atomic E-state index is -0.559. The van der Waals surface area contributed by atoms with Crippen molar-refractivity contribution in [2.24, 2.45) is 0 Å². The number of rotatable bonds is 7. The van der Waals surface area contributed by atoms with Crippen LogP contribution in [-0.4, -0.2) is 48.9 Å². The second-order valence-electron chi connectivity index (χ2n) is 5.71. The lowest BCUT2D eigenvalue weighted by atomic mass is 10.1. The largest absolute Gasteiger partial charge is 0.493 e. The van der Waals surface area contributed by atoms with Gasteiger partial charge in [-0.1, -0.05) is 18.5 Å². The number of methoxy groups -OCH3 is 2. The van der Waals surface area contributed by atoms with Crippen LogP contribution >= 0.6 is 23.4 Å². The lowest BCUT2D eigenvalue weighted by Crippen LogP contribution is -2.36. The molecule has 1 aromatic carbocycles. The summed E-state index contributed by atoms with van der Waals surface area (Å²) in [5.41, 5.74) is 0.567. The fourth-order valence-electron chi connectivity index (χ4n) is 2.35. The van der Waals surface area contributed by atoms with E-state index in [-0.39, 0.29) is 34.6 Å². The molecule has 1 atom stereocenters. The third kappa shape index (κ3) is 4.75. The van der Waals surface area contributed by atoms with E-state index < -0.39 is 5.97 Å². The number of hydrogen-bond donors (Lipinski definition) is 0. The predicted octanol–water partition coefficient (Wildman–Crippen LogP) is 3.74. The molecule has 9 heteroatoms. The van der Waals surface area contributed by atoms with Crippen LogP contribution in [-0.2, 0) is 14.3 Å². The van der Waals surface area contributed by atoms with Gasteiger partial charge in [0, 0.05) is 6.04 Å². The molecule has 0 aromatic heterocycles. The molecular weight excluding hydrogens is 394 g/mol. The summed E-state index contributed by atoms with van der Waals surface area (Å²) < 4.78 is 15.1. The minimum absolute atomic E-state index is 0.171. The summed E-state index contributed by atoms with van der Waals surface area (Å²) in [4.78, 5) is 37.4. The SMILES string of the molecule is CC[C@@H](C)N1C(=O)S/C(=C/c2cc(Cl)c(OCC(=O)OC)c(OC)c2)C1=O. The predicted molar refractivity (Wildman–Crippen MR) is 103 cm³/mol. The standard InChI is InChI=1S/C18H20ClNO6S/c1-5-10(2)20-17(22)14(27-18(20)23)8-11-6-12(19)16(13(7-11)24-3)26-9-15(21)25-4/h6-8,10H,5,9H2,1-4H3/b14-8+/t10-/m1/s1. The Labute approximate surface area is 166 Å². The minimum Gasteiger partial charge on any atom is -0.493 e. The Balaban J connectivity index is 2.31. The zero-order chi connectivity index (χ0) is 20.1. The lowest BCUT2D eigenvalue weighted by Gasteiger charge is -2.19. The molecule has 146 valence electrons. The number of nitrogens with zero attached hydrogens (tertiary/aromatic N) is 1. The van der Waals surface area contributed by atoms with E-state index in [4.69, 9.17) is 21.1 Å². The fraction of sp³-hybridized carbons (Fsp3) is 0.389. The summed E-state index contributed by atoms with van der Waals surface area (Å²) >= 11 is 7.12. The van der Waals surface area contributed by atoms with Crippen LogP contribution in [0, 0.1) is 0 Å². The number of thioether (sulfide) groups is 1. The number of esters is 1. The molecule has 0 unspecified atom stereocenters. The Hall–Kier alpha value is -2.19. The van der Waals surface area contributed by atoms with Crippen molar-refractivity contribution >= 4 is 46.6 Å². The maximum absolute atomic E-state index is 12.5. The van der Waals surface area contributed by atoms with Gasteiger partial charge < -0.3 is 14.2 Å². The van der Waals surface area contributed by atoms with Crippen molar-refractivity contribution in [3.05, 3.63) is 27.6 Å². The van der Waals surface area contributed by atoms with Crippen molar-refractivity contribution in [1.29, 1.82) is 0 Å². The molecule has 1 heterocycles. The zero-order valence-electron chi connectivity index (χ0n) is 15.4. The monoisotopic (exact) mass is 413 g/mol. The van der Waals surface area contributed by atoms with Crippen LogP contribution in [0.1, 0.15) is 25.8 Å². The van der Waals surface area contributed by atoms with E-state index in [1.54, 1.807) is 18.2 Å². The van der Waals surface area contributed by atoms with Crippen molar-refractivity contribution in [2.75, 3.05) is 20.8 Å². The van der Waals surface area contributed by atoms with E-state index in [0.29, 0.717) is 22.6 Å². The molecule has 0 aliphatic carbocycles. The van der Waals surface area contributed by atoms with Gasteiger partial charge in [0.1, 0.15) is 0 Å². The molecule has 27 heavy (non-hydrogen) atoms. The highest BCUT2D eigenvalue weighted by Crippen LogP contribution is 2.39. The number of ether oxygens (including phenoxy) is 3. The molecule has 0 N–H and O–H groups in total. The summed E-state index contributed by atoms with van der Waals surface area (Å²) in [6.45, 7) is 3.42. The van der Waals surface area contributed by atoms with E-state index in [0.717, 1.165) is 11.8 Å². The zero-order valence-corrected chi connectivity index (χ0v) is 17.0. The number of benzene rings is 1. The number of amides is 2. The third-order valence-corrected chi connectivity index (χ3v) is 5.13. The van der Waals surface area contributed by atoms with E-state index in [1.807, 2.05) is 13.8 Å². The normalized spacial score (nSPS) is 16.6. The van der Waals surface area contributed by atoms with Gasteiger partial charge in [0.2, 0.25) is 0 Å². The van der Waals surface area contributed by atoms with Gasteiger partial charge in [0.15, 0.2) is 18.1 Å². The summed E-state index contributed by atoms with van der Waals surface area (Å²) in [5, 5.41) is -0.0950. The van der Waals surface area contributed by atoms with Crippen molar-refractivity contribution < 1.29 is 28.6 Å². The number of hydrogen-bond acceptors (Lipinski definition) is 7. The van der Waals surface area contributed by atoms with Gasteiger partial charge in [-0.3, -0.25) is 14.5 Å². The summed E-state index contributed by atoms with van der Waals surface area (Å²) in [7, 11) is 2.68. The van der Waals surface area contributed by atoms with Gasteiger partial charge in [-0.15, -0.1) is 0 Å². The second kappa shape index (κ2) is 9.14. The highest BCUT2D eigenvalue weighted by Gasteiger charge is 2.37. The molecule has 1 fully saturated rings. The number of halogens is 1. The molecule has 1 saturated heterocycles. The summed E-state index contributed by atoms with van der Waals surface area (Å²) in [6.07, 6.45) is 2.25. The van der Waals surface area contributed by atoms with Gasteiger partial charge in [-0.05, 0) is 48.9 Å². The number of carbonyl (C=O) groups excluding carboxylic acids is 3. The summed E-state index contributed by atoms with van der Waals surface area (Å²) in [5.74, 6) is -0.412. The molecule has 2 rings (SSSR count). The van der Waals surface area contributed by atoms with Crippen LogP contribution in [0.4, 0.5) is 4.79 Å². The Morgan fingerprint density at radius 2 is 2.04 bits per heavy atom. The first kappa shape index (κ1) is 21.1. The second-order valence-corrected chi connectivity index (χ2v) is 7.11. The lowest BCUT2D eigenvalue weighted by molar-refractivity contribution is -0.142. The van der Waals surface area contributed by atoms with Crippen molar-refractivity contribution in [3.63, 3.8) is 0 Å². The Bertz CT molecular complexity index is 794. The number of imide groups is 1. The first-order valence-electron chi connectivity index (χ1n) is 8.16. The number of carbonyl (C=O) groups is 3. The van der Waals surface area contributed by atoms with Crippen LogP contribution in [0.3, 0.4) is 0 Å². The molecule has 1 aliphatic rings. The quantitative estimate of drug-likeness (QED) is 0.497. The van der Waals surface area contributed by atoms with Crippen molar-refractivity contribution in [2.45, 2.75) is 26.3 Å². The average molecular weight is 414 g/mol. The third-order valence-electron chi connectivity index (χ3n) is 3.97. The topological polar surface area (TPSA) is 82.1 Å². The molecular formula is C18H20ClNO6S. The molecule has 0 spiro atoms. The van der Waals surface area contributed by atoms with Gasteiger partial charge in [0.05, 0.1) is 24.1 Å². The Morgan fingerprint density at radius 3 is 2.63 bits per heavy atom. The van der Waals surface area contributed by atoms with Gasteiger partial charge in [-0.2, -0.15) is 0 Å². The van der Waals surface area contributed by atoms with E-state index in [9.17, 15) is 14.4 Å². The highest BCUT2D eigenvalue weighted by molar-refractivity contribution is 8.18. The molecule has 0 radical (unpaired) electrons. The molecule has 1 aliphatic heterocycles. The maximum Gasteiger partial charge on any atom is 0.343 e. The van der Waals surface area contributed by atoms with Gasteiger partial charge >= 0.3 is 5.97 Å². The summed E-state index contributed by atoms with van der Waals surface area (Å²) in [6, 6.07) is 3.00. The van der Waals surface area contributed by atoms with Crippen molar-refractivity contribution in [3.8, 4) is 11.5 Å². The van der Waals surface area contributed by atoms with E-state index in [2.05, 4.69) is 4.74 Å². The first-order valence-corrected chi connectivity index (χ1v) is 9.36. The van der Waals surface area contributed by atoms with Gasteiger partial charge in [0.25, 0.3) is 11.1 Å². The molecule has 1 aromatic rings. The molecule has 7 nitrogen and oxygen atoms in total. The fourth-order valence-corrected chi connectivity index (χ4v) is 3.55. The average Bonchev–Trinajstić information content (AvgIpc) is 2.92. The smallest absolute Gasteiger partial charge is 0.343 e. The Kier molecular flexibility index (Phi) is 7.15. The van der Waals surface area contributed by atoms with Crippen LogP contribution < -0.4 is 9.47 Å². The molecule has 0 bridgehead atoms. The maximum atomic E-state index is 12.5. The van der Waals surface area contributed by atoms with Crippen LogP contribution in [0.2, 0.25) is 5.02 Å².